The third-order valence-electron chi connectivity index (χ3n) is 8.18. The van der Waals surface area contributed by atoms with Gasteiger partial charge >= 0.3 is 0 Å². The van der Waals surface area contributed by atoms with E-state index in [9.17, 15) is 0 Å². The fourth-order valence-electron chi connectivity index (χ4n) is 5.91. The molecule has 7 aromatic carbocycles. The van der Waals surface area contributed by atoms with Crippen LogP contribution in [0.25, 0.3) is 6.08 Å². The molecule has 0 aromatic heterocycles. The molecule has 7 rings (SSSR count). The summed E-state index contributed by atoms with van der Waals surface area (Å²) >= 11 is 0. The summed E-state index contributed by atoms with van der Waals surface area (Å²) in [5.74, 6) is 0. The van der Waals surface area contributed by atoms with Crippen molar-refractivity contribution < 1.29 is 0 Å². The van der Waals surface area contributed by atoms with Crippen LogP contribution in [0.3, 0.4) is 0 Å². The highest BCUT2D eigenvalue weighted by atomic mass is 15.2. The summed E-state index contributed by atoms with van der Waals surface area (Å²) in [6, 6.07) is 68.1. The minimum absolute atomic E-state index is 1.07. The van der Waals surface area contributed by atoms with Gasteiger partial charge in [-0.25, -0.2) is 0 Å². The molecule has 3 heteroatoms. The van der Waals surface area contributed by atoms with Gasteiger partial charge in [0.2, 0.25) is 0 Å². The first-order valence-electron chi connectivity index (χ1n) is 15.8. The highest BCUT2D eigenvalue weighted by Gasteiger charge is 2.17. The highest BCUT2D eigenvalue weighted by molar-refractivity contribution is 5.83. The van der Waals surface area contributed by atoms with Gasteiger partial charge in [0.25, 0.3) is 0 Å². The molecule has 0 fully saturated rings. The van der Waals surface area contributed by atoms with E-state index >= 15 is 0 Å². The van der Waals surface area contributed by atoms with Crippen molar-refractivity contribution in [2.24, 2.45) is 0 Å². The SMILES string of the molecule is C=Cc1ccc(N(c2ccc(N(c3ccccc3)c3ccccc3)cc2)c2ccc(N(c3ccccc3)c3ccccc3)cc2)cc1. The molecule has 0 atom stereocenters. The van der Waals surface area contributed by atoms with Crippen LogP contribution in [0.2, 0.25) is 0 Å². The molecule has 0 spiro atoms. The Morgan fingerprint density at radius 2 is 0.447 bits per heavy atom. The minimum atomic E-state index is 1.07. The Bertz CT molecular complexity index is 1800. The smallest absolute Gasteiger partial charge is 0.0463 e. The van der Waals surface area contributed by atoms with Crippen LogP contribution in [0.4, 0.5) is 51.2 Å². The number of benzene rings is 7. The largest absolute Gasteiger partial charge is 0.311 e. The third-order valence-corrected chi connectivity index (χ3v) is 8.18. The molecule has 3 nitrogen and oxygen atoms in total. The zero-order valence-corrected chi connectivity index (χ0v) is 26.1. The molecule has 0 N–H and O–H groups in total. The summed E-state index contributed by atoms with van der Waals surface area (Å²) in [5, 5.41) is 0. The number of nitrogens with zero attached hydrogens (tertiary/aromatic N) is 3. The summed E-state index contributed by atoms with van der Waals surface area (Å²) in [6.07, 6.45) is 1.88. The van der Waals surface area contributed by atoms with Crippen LogP contribution in [0.1, 0.15) is 5.56 Å². The maximum Gasteiger partial charge on any atom is 0.0463 e. The first-order valence-corrected chi connectivity index (χ1v) is 15.8. The van der Waals surface area contributed by atoms with Gasteiger partial charge in [0.05, 0.1) is 0 Å². The van der Waals surface area contributed by atoms with Crippen LogP contribution in [-0.4, -0.2) is 0 Å². The van der Waals surface area contributed by atoms with Gasteiger partial charge in [-0.1, -0.05) is 97.6 Å². The Hall–Kier alpha value is -6.32. The predicted octanol–water partition coefficient (Wildman–Crippen LogP) is 12.7. The summed E-state index contributed by atoms with van der Waals surface area (Å²) in [4.78, 5) is 6.86. The van der Waals surface area contributed by atoms with Gasteiger partial charge < -0.3 is 14.7 Å². The van der Waals surface area contributed by atoms with E-state index in [1.54, 1.807) is 0 Å². The third kappa shape index (κ3) is 6.42. The fraction of sp³-hybridized carbons (Fsp3) is 0. The van der Waals surface area contributed by atoms with Crippen molar-refractivity contribution in [1.29, 1.82) is 0 Å². The highest BCUT2D eigenvalue weighted by Crippen LogP contribution is 2.41. The Balaban J connectivity index is 1.28. The molecule has 0 unspecified atom stereocenters. The van der Waals surface area contributed by atoms with Crippen LogP contribution in [-0.2, 0) is 0 Å². The Morgan fingerprint density at radius 3 is 0.660 bits per heavy atom. The van der Waals surface area contributed by atoms with Crippen LogP contribution in [0.5, 0.6) is 0 Å². The van der Waals surface area contributed by atoms with E-state index in [4.69, 9.17) is 0 Å². The van der Waals surface area contributed by atoms with Crippen LogP contribution in [0, 0.1) is 0 Å². The van der Waals surface area contributed by atoms with E-state index in [0.29, 0.717) is 0 Å². The molecule has 0 aliphatic heterocycles. The lowest BCUT2D eigenvalue weighted by Gasteiger charge is -2.29. The van der Waals surface area contributed by atoms with Crippen LogP contribution >= 0.6 is 0 Å². The van der Waals surface area contributed by atoms with Crippen molar-refractivity contribution in [3.8, 4) is 0 Å². The van der Waals surface area contributed by atoms with Crippen molar-refractivity contribution in [1.82, 2.24) is 0 Å². The first-order chi connectivity index (χ1) is 23.3. The monoisotopic (exact) mass is 605 g/mol. The lowest BCUT2D eigenvalue weighted by Crippen LogP contribution is -2.13. The van der Waals surface area contributed by atoms with E-state index in [-0.39, 0.29) is 0 Å². The Labute approximate surface area is 277 Å². The number of hydrogen-bond donors (Lipinski definition) is 0. The quantitative estimate of drug-likeness (QED) is 0.154. The van der Waals surface area contributed by atoms with Crippen LogP contribution in [0.15, 0.2) is 201 Å². The normalized spacial score (nSPS) is 10.6. The lowest BCUT2D eigenvalue weighted by atomic mass is 10.1. The van der Waals surface area contributed by atoms with Gasteiger partial charge in [-0.15, -0.1) is 0 Å². The van der Waals surface area contributed by atoms with Gasteiger partial charge in [-0.05, 0) is 115 Å². The molecule has 7 aromatic rings. The van der Waals surface area contributed by atoms with Gasteiger partial charge in [0, 0.05) is 51.2 Å². The predicted molar refractivity (Wildman–Crippen MR) is 201 cm³/mol. The van der Waals surface area contributed by atoms with Gasteiger partial charge in [-0.3, -0.25) is 0 Å². The number of hydrogen-bond acceptors (Lipinski definition) is 3. The summed E-state index contributed by atoms with van der Waals surface area (Å²) < 4.78 is 0. The maximum absolute atomic E-state index is 3.95. The number of rotatable bonds is 10. The van der Waals surface area contributed by atoms with E-state index in [0.717, 1.165) is 56.7 Å². The maximum atomic E-state index is 3.95. The minimum Gasteiger partial charge on any atom is -0.311 e. The summed E-state index contributed by atoms with van der Waals surface area (Å²) in [7, 11) is 0. The average molecular weight is 606 g/mol. The second-order valence-electron chi connectivity index (χ2n) is 11.2. The van der Waals surface area contributed by atoms with Crippen LogP contribution < -0.4 is 14.7 Å². The molecule has 0 aliphatic rings. The fourth-order valence-corrected chi connectivity index (χ4v) is 5.91. The summed E-state index contributed by atoms with van der Waals surface area (Å²) in [6.45, 7) is 3.95. The van der Waals surface area contributed by atoms with E-state index in [1.807, 2.05) is 6.08 Å². The molecule has 226 valence electrons. The molecule has 0 saturated carbocycles. The topological polar surface area (TPSA) is 9.72 Å². The molecule has 0 saturated heterocycles. The van der Waals surface area contributed by atoms with Gasteiger partial charge in [0.15, 0.2) is 0 Å². The van der Waals surface area contributed by atoms with E-state index in [1.165, 1.54) is 0 Å². The van der Waals surface area contributed by atoms with Crippen molar-refractivity contribution in [2.45, 2.75) is 0 Å². The zero-order chi connectivity index (χ0) is 31.8. The molecule has 0 aliphatic carbocycles. The lowest BCUT2D eigenvalue weighted by molar-refractivity contribution is 1.24. The number of para-hydroxylation sites is 4. The Kier molecular flexibility index (Phi) is 8.61. The second kappa shape index (κ2) is 13.8. The zero-order valence-electron chi connectivity index (χ0n) is 26.1. The molecular weight excluding hydrogens is 571 g/mol. The standard InChI is InChI=1S/C44H35N3/c1-2-35-23-25-40(26-24-35)47(43-31-27-41(28-32-43)45(36-15-7-3-8-16-36)37-17-9-4-10-18-37)44-33-29-42(30-34-44)46(38-19-11-5-12-20-38)39-21-13-6-14-22-39/h2-34H,1H2. The van der Waals surface area contributed by atoms with Crippen molar-refractivity contribution in [3.63, 3.8) is 0 Å². The van der Waals surface area contributed by atoms with Gasteiger partial charge in [0.1, 0.15) is 0 Å². The van der Waals surface area contributed by atoms with E-state index < -0.39 is 0 Å². The molecule has 0 bridgehead atoms. The first kappa shape index (κ1) is 29.4. The summed E-state index contributed by atoms with van der Waals surface area (Å²) in [5.41, 5.74) is 10.9. The molecule has 0 heterocycles. The molecule has 0 radical (unpaired) electrons. The molecule has 47 heavy (non-hydrogen) atoms. The number of anilines is 9. The second-order valence-corrected chi connectivity index (χ2v) is 11.2. The average Bonchev–Trinajstić information content (AvgIpc) is 3.15. The molecular formula is C44H35N3. The van der Waals surface area contributed by atoms with Gasteiger partial charge in [-0.2, -0.15) is 0 Å². The molecule has 0 amide bonds. The van der Waals surface area contributed by atoms with E-state index in [2.05, 4.69) is 215 Å². The van der Waals surface area contributed by atoms with Crippen molar-refractivity contribution in [2.75, 3.05) is 14.7 Å². The van der Waals surface area contributed by atoms with Crippen molar-refractivity contribution in [3.05, 3.63) is 206 Å². The van der Waals surface area contributed by atoms with Crippen molar-refractivity contribution >= 4 is 57.3 Å². The Morgan fingerprint density at radius 1 is 0.255 bits per heavy atom.